The Kier molecular flexibility index (Phi) is 8.20. The van der Waals surface area contributed by atoms with Crippen LogP contribution in [0.25, 0.3) is 22.1 Å². The van der Waals surface area contributed by atoms with Crippen molar-refractivity contribution < 1.29 is 64.2 Å². The first-order valence-corrected chi connectivity index (χ1v) is 12.7. The van der Waals surface area contributed by atoms with Crippen LogP contribution in [0.5, 0.6) is 17.2 Å². The van der Waals surface area contributed by atoms with Crippen LogP contribution in [0.15, 0.2) is 51.9 Å². The maximum atomic E-state index is 13.1. The van der Waals surface area contributed by atoms with Crippen LogP contribution >= 0.6 is 0 Å². The van der Waals surface area contributed by atoms with Crippen molar-refractivity contribution in [3.63, 3.8) is 0 Å². The minimum Gasteiger partial charge on any atom is -0.508 e. The van der Waals surface area contributed by atoms with Crippen LogP contribution in [0, 0.1) is 0 Å². The first kappa shape index (κ1) is 29.2. The Balaban J connectivity index is 1.45. The van der Waals surface area contributed by atoms with E-state index in [0.717, 1.165) is 6.07 Å². The van der Waals surface area contributed by atoms with Gasteiger partial charge in [-0.3, -0.25) is 4.79 Å². The summed E-state index contributed by atoms with van der Waals surface area (Å²) in [5, 5.41) is 81.4. The molecule has 0 radical (unpaired) electrons. The Labute approximate surface area is 231 Å². The summed E-state index contributed by atoms with van der Waals surface area (Å²) in [7, 11) is 0. The molecule has 0 amide bonds. The number of benzene rings is 2. The highest BCUT2D eigenvalue weighted by Gasteiger charge is 2.50. The van der Waals surface area contributed by atoms with Gasteiger partial charge in [0.1, 0.15) is 71.1 Å². The molecule has 3 aromatic rings. The lowest BCUT2D eigenvalue weighted by molar-refractivity contribution is -0.354. The van der Waals surface area contributed by atoms with E-state index >= 15 is 0 Å². The number of ether oxygens (including phenoxy) is 4. The van der Waals surface area contributed by atoms with Gasteiger partial charge >= 0.3 is 0 Å². The van der Waals surface area contributed by atoms with Crippen LogP contribution in [-0.2, 0) is 14.2 Å². The summed E-state index contributed by atoms with van der Waals surface area (Å²) in [6, 6.07) is 8.14. The lowest BCUT2D eigenvalue weighted by Gasteiger charge is -2.45. The molecule has 14 heteroatoms. The quantitative estimate of drug-likeness (QED) is 0.174. The van der Waals surface area contributed by atoms with Gasteiger partial charge in [0.05, 0.1) is 18.3 Å². The second-order valence-corrected chi connectivity index (χ2v) is 9.95. The second kappa shape index (κ2) is 11.5. The van der Waals surface area contributed by atoms with E-state index in [0.29, 0.717) is 5.56 Å². The number of rotatable bonds is 6. The van der Waals surface area contributed by atoms with Crippen LogP contribution < -0.4 is 10.2 Å². The molecule has 0 unspecified atom stereocenters. The molecule has 41 heavy (non-hydrogen) atoms. The van der Waals surface area contributed by atoms with Gasteiger partial charge in [0.15, 0.2) is 12.4 Å². The number of hydrogen-bond donors (Lipinski definition) is 8. The monoisotopic (exact) mass is 578 g/mol. The summed E-state index contributed by atoms with van der Waals surface area (Å²) in [5.74, 6) is -0.635. The lowest BCUT2D eigenvalue weighted by Crippen LogP contribution is -2.64. The van der Waals surface area contributed by atoms with Crippen molar-refractivity contribution in [1.82, 2.24) is 0 Å². The second-order valence-electron chi connectivity index (χ2n) is 9.95. The number of aliphatic hydroxyl groups excluding tert-OH is 6. The molecule has 2 aliphatic heterocycles. The largest absolute Gasteiger partial charge is 0.508 e. The lowest BCUT2D eigenvalue weighted by atomic mass is 9.97. The zero-order chi connectivity index (χ0) is 29.6. The Hall–Kier alpha value is -3.31. The highest BCUT2D eigenvalue weighted by atomic mass is 16.8. The molecule has 1 aromatic heterocycles. The summed E-state index contributed by atoms with van der Waals surface area (Å²) in [6.45, 7) is 0.709. The van der Waals surface area contributed by atoms with Gasteiger partial charge in [-0.05, 0) is 24.6 Å². The number of phenolic OH excluding ortho intramolecular Hbond substituents is 2. The highest BCUT2D eigenvalue weighted by Crippen LogP contribution is 2.34. The fraction of sp³-hybridized carbons (Fsp3) is 0.444. The molecule has 0 aliphatic carbocycles. The summed E-state index contributed by atoms with van der Waals surface area (Å²) in [4.78, 5) is 13.1. The zero-order valence-electron chi connectivity index (χ0n) is 21.5. The minimum atomic E-state index is -1.75. The van der Waals surface area contributed by atoms with E-state index in [9.17, 15) is 45.6 Å². The van der Waals surface area contributed by atoms with Gasteiger partial charge in [0, 0.05) is 12.1 Å². The van der Waals surface area contributed by atoms with Gasteiger partial charge in [-0.2, -0.15) is 0 Å². The van der Waals surface area contributed by atoms with Gasteiger partial charge in [-0.1, -0.05) is 12.1 Å². The summed E-state index contributed by atoms with van der Waals surface area (Å²) < 4.78 is 28.1. The van der Waals surface area contributed by atoms with Crippen LogP contribution in [0.4, 0.5) is 0 Å². The third-order valence-electron chi connectivity index (χ3n) is 7.19. The molecule has 10 atom stereocenters. The van der Waals surface area contributed by atoms with Gasteiger partial charge in [-0.25, -0.2) is 0 Å². The molecular formula is C27H30O14. The molecule has 0 spiro atoms. The summed E-state index contributed by atoms with van der Waals surface area (Å²) in [5.41, 5.74) is -0.0678. The summed E-state index contributed by atoms with van der Waals surface area (Å²) in [6.07, 6.45) is -14.1. The maximum Gasteiger partial charge on any atom is 0.229 e. The Morgan fingerprint density at radius 3 is 2.24 bits per heavy atom. The fourth-order valence-corrected chi connectivity index (χ4v) is 4.83. The first-order chi connectivity index (χ1) is 19.5. The smallest absolute Gasteiger partial charge is 0.229 e. The van der Waals surface area contributed by atoms with Crippen LogP contribution in [0.1, 0.15) is 6.92 Å². The Morgan fingerprint density at radius 1 is 0.854 bits per heavy atom. The predicted octanol–water partition coefficient (Wildman–Crippen LogP) is -1.10. The third-order valence-corrected chi connectivity index (χ3v) is 7.19. The molecule has 2 aromatic carbocycles. The molecule has 0 saturated carbocycles. The van der Waals surface area contributed by atoms with E-state index < -0.39 is 79.2 Å². The molecule has 2 aliphatic rings. The molecule has 222 valence electrons. The van der Waals surface area contributed by atoms with E-state index in [1.54, 1.807) is 0 Å². The van der Waals surface area contributed by atoms with Crippen molar-refractivity contribution in [2.45, 2.75) is 68.3 Å². The normalized spacial score (nSPS) is 34.0. The molecule has 2 fully saturated rings. The number of phenols is 2. The predicted molar refractivity (Wildman–Crippen MR) is 137 cm³/mol. The van der Waals surface area contributed by atoms with Crippen molar-refractivity contribution in [2.24, 2.45) is 0 Å². The number of hydrogen-bond acceptors (Lipinski definition) is 14. The highest BCUT2D eigenvalue weighted by molar-refractivity contribution is 5.88. The van der Waals surface area contributed by atoms with Crippen LogP contribution in [0.3, 0.4) is 0 Å². The van der Waals surface area contributed by atoms with Crippen molar-refractivity contribution in [3.05, 3.63) is 52.9 Å². The molecule has 0 bridgehead atoms. The van der Waals surface area contributed by atoms with Crippen LogP contribution in [0.2, 0.25) is 0 Å². The van der Waals surface area contributed by atoms with E-state index in [1.165, 1.54) is 43.5 Å². The van der Waals surface area contributed by atoms with Gasteiger partial charge in [0.25, 0.3) is 0 Å². The van der Waals surface area contributed by atoms with E-state index in [-0.39, 0.29) is 28.0 Å². The van der Waals surface area contributed by atoms with Crippen molar-refractivity contribution >= 4 is 11.0 Å². The minimum absolute atomic E-state index is 0.00435. The van der Waals surface area contributed by atoms with Crippen molar-refractivity contribution in [1.29, 1.82) is 0 Å². The van der Waals surface area contributed by atoms with Crippen molar-refractivity contribution in [3.8, 4) is 28.4 Å². The molecule has 5 rings (SSSR count). The van der Waals surface area contributed by atoms with E-state index in [4.69, 9.17) is 23.4 Å². The Morgan fingerprint density at radius 2 is 1.56 bits per heavy atom. The van der Waals surface area contributed by atoms with Crippen molar-refractivity contribution in [2.75, 3.05) is 6.61 Å². The standard InChI is InChI=1S/C27H30O14/c1-10-19(31)22(34)24(36)26(38-10)41-25-23(35)21(33)17(8-28)40-27(25)39-13-6-15(30)18-16(7-13)37-9-14(20(18)32)11-2-4-12(29)5-3-11/h2-7,9-10,17,19,21-31,33-36H,8H2,1H3/t10-,17+,19-,21+,22+,23-,24+,25+,26-,27+/m0/s1. The fourth-order valence-electron chi connectivity index (χ4n) is 4.83. The number of aliphatic hydroxyl groups is 6. The topological polar surface area (TPSA) is 229 Å². The average molecular weight is 579 g/mol. The van der Waals surface area contributed by atoms with E-state index in [2.05, 4.69) is 0 Å². The van der Waals surface area contributed by atoms with Gasteiger partial charge in [0.2, 0.25) is 11.7 Å². The zero-order valence-corrected chi connectivity index (χ0v) is 21.5. The third kappa shape index (κ3) is 5.49. The number of fused-ring (bicyclic) bond motifs is 1. The van der Waals surface area contributed by atoms with Gasteiger partial charge in [-0.15, -0.1) is 0 Å². The number of aromatic hydroxyl groups is 2. The molecule has 3 heterocycles. The molecule has 2 saturated heterocycles. The SMILES string of the molecule is C[C@@H]1O[C@@H](O[C@H]2[C@H](Oc3cc(O)c4c(=O)c(-c5ccc(O)cc5)coc4c3)O[C@H](CO)[C@@H](O)[C@@H]2O)[C@H](O)[C@H](O)[C@H]1O. The van der Waals surface area contributed by atoms with Gasteiger partial charge < -0.3 is 64.2 Å². The Bertz CT molecular complexity index is 1420. The average Bonchev–Trinajstić information content (AvgIpc) is 2.94. The van der Waals surface area contributed by atoms with Crippen LogP contribution in [-0.4, -0.2) is 109 Å². The summed E-state index contributed by atoms with van der Waals surface area (Å²) >= 11 is 0. The van der Waals surface area contributed by atoms with E-state index in [1.807, 2.05) is 0 Å². The molecule has 14 nitrogen and oxygen atoms in total. The molecular weight excluding hydrogens is 548 g/mol. The molecule has 8 N–H and O–H groups in total. The first-order valence-electron chi connectivity index (χ1n) is 12.7. The maximum absolute atomic E-state index is 13.1.